The molecule has 0 aliphatic heterocycles. The van der Waals surface area contributed by atoms with Crippen molar-refractivity contribution < 1.29 is 18.9 Å². The second kappa shape index (κ2) is 18.0. The molecule has 0 amide bonds. The van der Waals surface area contributed by atoms with Crippen LogP contribution in [0.1, 0.15) is 27.7 Å². The first-order valence-corrected chi connectivity index (χ1v) is 7.15. The first kappa shape index (κ1) is 21.3. The molecule has 0 radical (unpaired) electrons. The van der Waals surface area contributed by atoms with E-state index < -0.39 is 0 Å². The van der Waals surface area contributed by atoms with Crippen LogP contribution >= 0.6 is 0 Å². The molecule has 0 aromatic carbocycles. The van der Waals surface area contributed by atoms with Crippen molar-refractivity contribution in [1.82, 2.24) is 0 Å². The van der Waals surface area contributed by atoms with E-state index in [4.69, 9.17) is 18.9 Å². The molecule has 0 aliphatic carbocycles. The molecule has 0 spiro atoms. The van der Waals surface area contributed by atoms with Gasteiger partial charge in [-0.05, 0) is 11.8 Å². The highest BCUT2D eigenvalue weighted by Gasteiger charge is 1.92. The van der Waals surface area contributed by atoms with E-state index in [2.05, 4.69) is 40.9 Å². The molecule has 0 unspecified atom stereocenters. The maximum absolute atomic E-state index is 5.22. The number of rotatable bonds is 12. The first-order chi connectivity index (χ1) is 9.54. The molecule has 4 heteroatoms. The third-order valence-corrected chi connectivity index (χ3v) is 1.83. The Balaban J connectivity index is 0. The molecule has 4 nitrogen and oxygen atoms in total. The second-order valence-corrected chi connectivity index (χ2v) is 5.01. The van der Waals surface area contributed by atoms with Gasteiger partial charge in [-0.2, -0.15) is 0 Å². The van der Waals surface area contributed by atoms with Crippen LogP contribution in [0.2, 0.25) is 0 Å². The van der Waals surface area contributed by atoms with E-state index in [-0.39, 0.29) is 0 Å². The summed E-state index contributed by atoms with van der Waals surface area (Å²) < 4.78 is 20.2. The van der Waals surface area contributed by atoms with Gasteiger partial charge in [0.05, 0.1) is 25.7 Å². The summed E-state index contributed by atoms with van der Waals surface area (Å²) in [5.41, 5.74) is 0. The van der Waals surface area contributed by atoms with Crippen LogP contribution in [-0.4, -0.2) is 39.6 Å². The molecular formula is C16H32O4. The Morgan fingerprint density at radius 1 is 0.700 bits per heavy atom. The smallest absolute Gasteiger partial charge is 0.111 e. The Morgan fingerprint density at radius 2 is 1.05 bits per heavy atom. The second-order valence-electron chi connectivity index (χ2n) is 5.01. The van der Waals surface area contributed by atoms with Crippen molar-refractivity contribution >= 4 is 0 Å². The van der Waals surface area contributed by atoms with Crippen LogP contribution in [-0.2, 0) is 18.9 Å². The molecule has 0 aliphatic rings. The van der Waals surface area contributed by atoms with Crippen LogP contribution in [0.4, 0.5) is 0 Å². The minimum atomic E-state index is 0.601. The molecule has 0 fully saturated rings. The van der Waals surface area contributed by atoms with Crippen LogP contribution in [0.25, 0.3) is 0 Å². The van der Waals surface area contributed by atoms with Crippen molar-refractivity contribution in [1.29, 1.82) is 0 Å². The summed E-state index contributed by atoms with van der Waals surface area (Å²) in [6.45, 7) is 19.4. The fourth-order valence-electron chi connectivity index (χ4n) is 1.02. The van der Waals surface area contributed by atoms with E-state index >= 15 is 0 Å². The van der Waals surface area contributed by atoms with E-state index in [0.29, 0.717) is 38.3 Å². The van der Waals surface area contributed by atoms with E-state index in [0.717, 1.165) is 13.2 Å². The van der Waals surface area contributed by atoms with Crippen LogP contribution < -0.4 is 0 Å². The summed E-state index contributed by atoms with van der Waals surface area (Å²) in [6.07, 6.45) is 2.86. The molecule has 0 aromatic rings. The molecule has 0 N–H and O–H groups in total. The van der Waals surface area contributed by atoms with Crippen LogP contribution in [0.15, 0.2) is 25.7 Å². The lowest BCUT2D eigenvalue weighted by Crippen LogP contribution is -2.06. The molecule has 20 heavy (non-hydrogen) atoms. The van der Waals surface area contributed by atoms with Crippen LogP contribution in [0.3, 0.4) is 0 Å². The lowest BCUT2D eigenvalue weighted by atomic mass is 10.2. The molecular weight excluding hydrogens is 256 g/mol. The minimum absolute atomic E-state index is 0.601. The van der Waals surface area contributed by atoms with E-state index in [1.54, 1.807) is 0 Å². The van der Waals surface area contributed by atoms with Crippen molar-refractivity contribution in [2.24, 2.45) is 11.8 Å². The third-order valence-electron chi connectivity index (χ3n) is 1.83. The Morgan fingerprint density at radius 3 is 1.30 bits per heavy atom. The number of hydrogen-bond donors (Lipinski definition) is 0. The van der Waals surface area contributed by atoms with Gasteiger partial charge < -0.3 is 18.9 Å². The average Bonchev–Trinajstić information content (AvgIpc) is 2.38. The molecule has 0 saturated heterocycles. The van der Waals surface area contributed by atoms with Crippen LogP contribution in [0, 0.1) is 11.8 Å². The summed E-state index contributed by atoms with van der Waals surface area (Å²) in [7, 11) is 0. The van der Waals surface area contributed by atoms with Gasteiger partial charge in [-0.25, -0.2) is 0 Å². The van der Waals surface area contributed by atoms with E-state index in [1.807, 2.05) is 0 Å². The van der Waals surface area contributed by atoms with Gasteiger partial charge in [0.2, 0.25) is 0 Å². The highest BCUT2D eigenvalue weighted by Crippen LogP contribution is 1.92. The van der Waals surface area contributed by atoms with Crippen molar-refractivity contribution in [3.05, 3.63) is 25.7 Å². The minimum Gasteiger partial charge on any atom is -0.499 e. The zero-order valence-electron chi connectivity index (χ0n) is 13.6. The van der Waals surface area contributed by atoms with Gasteiger partial charge in [0, 0.05) is 13.2 Å². The normalized spacial score (nSPS) is 9.90. The quantitative estimate of drug-likeness (QED) is 0.406. The maximum atomic E-state index is 5.22. The average molecular weight is 288 g/mol. The molecule has 0 saturated carbocycles. The molecule has 0 rings (SSSR count). The van der Waals surface area contributed by atoms with Gasteiger partial charge in [-0.3, -0.25) is 0 Å². The Kier molecular flexibility index (Phi) is 19.2. The van der Waals surface area contributed by atoms with Gasteiger partial charge in [0.1, 0.15) is 13.2 Å². The monoisotopic (exact) mass is 288 g/mol. The largest absolute Gasteiger partial charge is 0.499 e. The van der Waals surface area contributed by atoms with Gasteiger partial charge in [-0.1, -0.05) is 40.9 Å². The zero-order valence-corrected chi connectivity index (χ0v) is 13.6. The molecule has 0 bridgehead atoms. The summed E-state index contributed by atoms with van der Waals surface area (Å²) >= 11 is 0. The SMILES string of the molecule is C=COCCOCC(C)C.C=COCCOCC(C)C. The van der Waals surface area contributed by atoms with Crippen molar-refractivity contribution in [3.63, 3.8) is 0 Å². The van der Waals surface area contributed by atoms with Crippen molar-refractivity contribution in [2.75, 3.05) is 39.6 Å². The standard InChI is InChI=1S/2C8H16O2/c2*1-4-9-5-6-10-7-8(2)3/h2*4,8H,1,5-7H2,2-3H3. The Bertz CT molecular complexity index is 181. The summed E-state index contributed by atoms with van der Waals surface area (Å²) in [6, 6.07) is 0. The van der Waals surface area contributed by atoms with Crippen LogP contribution in [0.5, 0.6) is 0 Å². The molecule has 0 heterocycles. The van der Waals surface area contributed by atoms with Crippen molar-refractivity contribution in [2.45, 2.75) is 27.7 Å². The Labute approximate surface area is 124 Å². The Hall–Kier alpha value is -1.00. The van der Waals surface area contributed by atoms with Gasteiger partial charge >= 0.3 is 0 Å². The molecule has 120 valence electrons. The maximum Gasteiger partial charge on any atom is 0.111 e. The lowest BCUT2D eigenvalue weighted by molar-refractivity contribution is 0.0694. The molecule has 0 atom stereocenters. The fraction of sp³-hybridized carbons (Fsp3) is 0.750. The first-order valence-electron chi connectivity index (χ1n) is 7.15. The van der Waals surface area contributed by atoms with Gasteiger partial charge in [0.15, 0.2) is 0 Å². The number of ether oxygens (including phenoxy) is 4. The number of hydrogen-bond acceptors (Lipinski definition) is 4. The summed E-state index contributed by atoms with van der Waals surface area (Å²) in [4.78, 5) is 0. The predicted molar refractivity (Wildman–Crippen MR) is 83.6 cm³/mol. The topological polar surface area (TPSA) is 36.9 Å². The zero-order chi connectivity index (χ0) is 15.6. The fourth-order valence-corrected chi connectivity index (χ4v) is 1.02. The third kappa shape index (κ3) is 25.8. The van der Waals surface area contributed by atoms with Gasteiger partial charge in [-0.15, -0.1) is 0 Å². The highest BCUT2D eigenvalue weighted by molar-refractivity contribution is 4.48. The predicted octanol–water partition coefficient (Wildman–Crippen LogP) is 3.64. The lowest BCUT2D eigenvalue weighted by Gasteiger charge is -2.05. The van der Waals surface area contributed by atoms with E-state index in [9.17, 15) is 0 Å². The van der Waals surface area contributed by atoms with Gasteiger partial charge in [0.25, 0.3) is 0 Å². The summed E-state index contributed by atoms with van der Waals surface area (Å²) in [5, 5.41) is 0. The van der Waals surface area contributed by atoms with Crippen molar-refractivity contribution in [3.8, 4) is 0 Å². The summed E-state index contributed by atoms with van der Waals surface area (Å²) in [5.74, 6) is 1.20. The molecule has 0 aromatic heterocycles. The van der Waals surface area contributed by atoms with E-state index in [1.165, 1.54) is 12.5 Å². The highest BCUT2D eigenvalue weighted by atomic mass is 16.5.